The first-order valence-electron chi connectivity index (χ1n) is 6.59. The number of sulfone groups is 1. The van der Waals surface area contributed by atoms with Gasteiger partial charge in [-0.25, -0.2) is 8.42 Å². The van der Waals surface area contributed by atoms with E-state index in [1.54, 1.807) is 35.6 Å². The van der Waals surface area contributed by atoms with Gasteiger partial charge < -0.3 is 5.32 Å². The number of carbonyl (C=O) groups excluding carboxylic acids is 1. The standard InChI is InChI=1S/C16H13NO3S2/c18-16(11-22(19,20)14-4-2-1-3-5-14)17-13-6-7-15-12(10-13)8-9-21-15/h1-10H,11H2,(H,17,18). The quantitative estimate of drug-likeness (QED) is 0.798. The monoisotopic (exact) mass is 331 g/mol. The SMILES string of the molecule is O=C(CS(=O)(=O)c1ccccc1)Nc1ccc2sccc2c1. The largest absolute Gasteiger partial charge is 0.325 e. The van der Waals surface area contributed by atoms with Crippen molar-refractivity contribution in [2.75, 3.05) is 11.1 Å². The minimum absolute atomic E-state index is 0.151. The van der Waals surface area contributed by atoms with E-state index < -0.39 is 21.5 Å². The molecule has 4 nitrogen and oxygen atoms in total. The van der Waals surface area contributed by atoms with Crippen LogP contribution < -0.4 is 5.32 Å². The maximum absolute atomic E-state index is 12.1. The van der Waals surface area contributed by atoms with E-state index in [0.29, 0.717) is 5.69 Å². The smallest absolute Gasteiger partial charge is 0.239 e. The molecule has 0 bridgehead atoms. The Morgan fingerprint density at radius 2 is 1.82 bits per heavy atom. The highest BCUT2D eigenvalue weighted by molar-refractivity contribution is 7.92. The molecule has 0 spiro atoms. The van der Waals surface area contributed by atoms with Crippen LogP contribution in [-0.4, -0.2) is 20.1 Å². The minimum Gasteiger partial charge on any atom is -0.325 e. The molecule has 0 radical (unpaired) electrons. The van der Waals surface area contributed by atoms with Crippen molar-refractivity contribution in [1.82, 2.24) is 0 Å². The Hall–Kier alpha value is -2.18. The molecule has 0 aliphatic carbocycles. The second-order valence-corrected chi connectivity index (χ2v) is 7.73. The van der Waals surface area contributed by atoms with Gasteiger partial charge in [-0.3, -0.25) is 4.79 Å². The highest BCUT2D eigenvalue weighted by atomic mass is 32.2. The maximum Gasteiger partial charge on any atom is 0.239 e. The number of fused-ring (bicyclic) bond motifs is 1. The Labute approximate surface area is 132 Å². The molecule has 0 saturated heterocycles. The zero-order valence-corrected chi connectivity index (χ0v) is 13.2. The van der Waals surface area contributed by atoms with E-state index in [0.717, 1.165) is 10.1 Å². The topological polar surface area (TPSA) is 63.2 Å². The summed E-state index contributed by atoms with van der Waals surface area (Å²) in [5.74, 6) is -1.11. The van der Waals surface area contributed by atoms with Crippen LogP contribution in [0.5, 0.6) is 0 Å². The summed E-state index contributed by atoms with van der Waals surface area (Å²) in [5, 5.41) is 5.63. The molecule has 0 unspecified atom stereocenters. The number of rotatable bonds is 4. The molecular weight excluding hydrogens is 318 g/mol. The van der Waals surface area contributed by atoms with Gasteiger partial charge >= 0.3 is 0 Å². The van der Waals surface area contributed by atoms with E-state index in [1.165, 1.54) is 12.1 Å². The molecule has 0 aliphatic heterocycles. The third-order valence-corrected chi connectivity index (χ3v) is 5.69. The molecule has 0 aliphatic rings. The number of carbonyl (C=O) groups is 1. The van der Waals surface area contributed by atoms with E-state index >= 15 is 0 Å². The molecule has 1 aromatic heterocycles. The lowest BCUT2D eigenvalue weighted by Crippen LogP contribution is -2.22. The summed E-state index contributed by atoms with van der Waals surface area (Å²) in [7, 11) is -3.62. The number of anilines is 1. The van der Waals surface area contributed by atoms with Crippen molar-refractivity contribution in [3.05, 3.63) is 60.0 Å². The molecule has 1 N–H and O–H groups in total. The maximum atomic E-state index is 12.1. The predicted octanol–water partition coefficient (Wildman–Crippen LogP) is 3.31. The normalized spacial score (nSPS) is 11.5. The fraction of sp³-hybridized carbons (Fsp3) is 0.0625. The first kappa shape index (κ1) is 14.7. The van der Waals surface area contributed by atoms with Crippen molar-refractivity contribution in [3.63, 3.8) is 0 Å². The number of hydrogen-bond acceptors (Lipinski definition) is 4. The van der Waals surface area contributed by atoms with Gasteiger partial charge in [-0.05, 0) is 47.2 Å². The van der Waals surface area contributed by atoms with E-state index in [2.05, 4.69) is 5.32 Å². The Morgan fingerprint density at radius 1 is 1.05 bits per heavy atom. The van der Waals surface area contributed by atoms with E-state index in [4.69, 9.17) is 0 Å². The summed E-state index contributed by atoms with van der Waals surface area (Å²) < 4.78 is 25.4. The highest BCUT2D eigenvalue weighted by Crippen LogP contribution is 2.24. The molecule has 1 amide bonds. The Balaban J connectivity index is 1.74. The number of thiophene rings is 1. The second-order valence-electron chi connectivity index (χ2n) is 4.79. The molecule has 0 saturated carbocycles. The molecule has 3 aromatic rings. The molecule has 0 atom stereocenters. The fourth-order valence-electron chi connectivity index (χ4n) is 2.13. The predicted molar refractivity (Wildman–Crippen MR) is 88.9 cm³/mol. The summed E-state index contributed by atoms with van der Waals surface area (Å²) >= 11 is 1.61. The third-order valence-electron chi connectivity index (χ3n) is 3.16. The number of amides is 1. The van der Waals surface area contributed by atoms with Crippen molar-refractivity contribution in [2.24, 2.45) is 0 Å². The average Bonchev–Trinajstić information content (AvgIpc) is 2.95. The van der Waals surface area contributed by atoms with Crippen molar-refractivity contribution in [1.29, 1.82) is 0 Å². The minimum atomic E-state index is -3.62. The molecule has 2 aromatic carbocycles. The van der Waals surface area contributed by atoms with Gasteiger partial charge in [-0.15, -0.1) is 11.3 Å². The number of benzene rings is 2. The zero-order chi connectivity index (χ0) is 15.6. The van der Waals surface area contributed by atoms with Crippen LogP contribution in [0.1, 0.15) is 0 Å². The van der Waals surface area contributed by atoms with Crippen LogP contribution in [0.15, 0.2) is 64.9 Å². The van der Waals surface area contributed by atoms with Crippen LogP contribution >= 0.6 is 11.3 Å². The summed E-state index contributed by atoms with van der Waals surface area (Å²) in [6, 6.07) is 15.4. The molecule has 3 rings (SSSR count). The fourth-order valence-corrected chi connectivity index (χ4v) is 4.05. The van der Waals surface area contributed by atoms with Gasteiger partial charge in [0.25, 0.3) is 0 Å². The van der Waals surface area contributed by atoms with Gasteiger partial charge in [0.2, 0.25) is 5.91 Å². The lowest BCUT2D eigenvalue weighted by molar-refractivity contribution is -0.113. The van der Waals surface area contributed by atoms with Crippen molar-refractivity contribution < 1.29 is 13.2 Å². The van der Waals surface area contributed by atoms with Crippen LogP contribution in [0.4, 0.5) is 5.69 Å². The van der Waals surface area contributed by atoms with Crippen LogP contribution in [0.3, 0.4) is 0 Å². The van der Waals surface area contributed by atoms with Gasteiger partial charge in [0, 0.05) is 10.4 Å². The Bertz CT molecular complexity index is 915. The average molecular weight is 331 g/mol. The van der Waals surface area contributed by atoms with Crippen LogP contribution in [0.25, 0.3) is 10.1 Å². The van der Waals surface area contributed by atoms with Gasteiger partial charge in [0.1, 0.15) is 5.75 Å². The van der Waals surface area contributed by atoms with Crippen molar-refractivity contribution >= 4 is 42.9 Å². The van der Waals surface area contributed by atoms with E-state index in [-0.39, 0.29) is 4.90 Å². The second kappa shape index (κ2) is 5.90. The van der Waals surface area contributed by atoms with E-state index in [1.807, 2.05) is 23.6 Å². The zero-order valence-electron chi connectivity index (χ0n) is 11.5. The first-order valence-corrected chi connectivity index (χ1v) is 9.13. The lowest BCUT2D eigenvalue weighted by Gasteiger charge is -2.06. The summed E-state index contributed by atoms with van der Waals surface area (Å²) in [6.45, 7) is 0. The van der Waals surface area contributed by atoms with Gasteiger partial charge in [-0.1, -0.05) is 18.2 Å². The number of nitrogens with one attached hydrogen (secondary N) is 1. The van der Waals surface area contributed by atoms with E-state index in [9.17, 15) is 13.2 Å². The lowest BCUT2D eigenvalue weighted by atomic mass is 10.2. The van der Waals surface area contributed by atoms with Gasteiger partial charge in [0.05, 0.1) is 4.90 Å². The summed E-state index contributed by atoms with van der Waals surface area (Å²) in [6.07, 6.45) is 0. The Morgan fingerprint density at radius 3 is 2.59 bits per heavy atom. The van der Waals surface area contributed by atoms with Crippen molar-refractivity contribution in [2.45, 2.75) is 4.90 Å². The van der Waals surface area contributed by atoms with Crippen LogP contribution in [0, 0.1) is 0 Å². The molecular formula is C16H13NO3S2. The summed E-state index contributed by atoms with van der Waals surface area (Å²) in [5.41, 5.74) is 0.596. The highest BCUT2D eigenvalue weighted by Gasteiger charge is 2.19. The van der Waals surface area contributed by atoms with Crippen LogP contribution in [0.2, 0.25) is 0 Å². The molecule has 112 valence electrons. The first-order chi connectivity index (χ1) is 10.5. The summed E-state index contributed by atoms with van der Waals surface area (Å²) in [4.78, 5) is 12.1. The molecule has 1 heterocycles. The van der Waals surface area contributed by atoms with Gasteiger partial charge in [-0.2, -0.15) is 0 Å². The van der Waals surface area contributed by atoms with Gasteiger partial charge in [0.15, 0.2) is 9.84 Å². The van der Waals surface area contributed by atoms with Crippen molar-refractivity contribution in [3.8, 4) is 0 Å². The molecule has 0 fully saturated rings. The van der Waals surface area contributed by atoms with Crippen LogP contribution in [-0.2, 0) is 14.6 Å². The molecule has 6 heteroatoms. The Kier molecular flexibility index (Phi) is 3.96. The number of hydrogen-bond donors (Lipinski definition) is 1. The third kappa shape index (κ3) is 3.18. The molecule has 22 heavy (non-hydrogen) atoms.